The summed E-state index contributed by atoms with van der Waals surface area (Å²) >= 11 is 1.45. The number of nitrogens with two attached hydrogens (primary N) is 1. The lowest BCUT2D eigenvalue weighted by Gasteiger charge is -2.15. The van der Waals surface area contributed by atoms with E-state index in [1.807, 2.05) is 36.4 Å². The maximum Gasteiger partial charge on any atom is 0.244 e. The first-order chi connectivity index (χ1) is 9.43. The van der Waals surface area contributed by atoms with Crippen LogP contribution in [0.4, 0.5) is 5.69 Å². The molecule has 2 aromatic rings. The Morgan fingerprint density at radius 2 is 1.65 bits per heavy atom. The molecule has 2 N–H and O–H groups in total. The van der Waals surface area contributed by atoms with Crippen molar-refractivity contribution in [3.05, 3.63) is 48.5 Å². The minimum atomic E-state index is -3.53. The van der Waals surface area contributed by atoms with Gasteiger partial charge in [-0.25, -0.2) is 12.7 Å². The Morgan fingerprint density at radius 3 is 2.25 bits per heavy atom. The minimum Gasteiger partial charge on any atom is -0.397 e. The molecule has 2 rings (SSSR count). The number of hydrogen-bond acceptors (Lipinski definition) is 4. The molecular weight excluding hydrogens is 292 g/mol. The highest BCUT2D eigenvalue weighted by atomic mass is 32.2. The lowest BCUT2D eigenvalue weighted by Crippen LogP contribution is -2.23. The Kier molecular flexibility index (Phi) is 4.37. The predicted octanol–water partition coefficient (Wildman–Crippen LogP) is 2.67. The summed E-state index contributed by atoms with van der Waals surface area (Å²) in [5, 5.41) is 0. The Hall–Kier alpha value is -1.50. The molecule has 0 fully saturated rings. The van der Waals surface area contributed by atoms with E-state index in [2.05, 4.69) is 0 Å². The van der Waals surface area contributed by atoms with E-state index < -0.39 is 10.0 Å². The average Bonchev–Trinajstić information content (AvgIpc) is 2.42. The lowest BCUT2D eigenvalue weighted by atomic mass is 10.3. The molecule has 0 radical (unpaired) electrons. The maximum absolute atomic E-state index is 12.2. The molecule has 106 valence electrons. The van der Waals surface area contributed by atoms with Crippen molar-refractivity contribution >= 4 is 27.5 Å². The van der Waals surface area contributed by atoms with E-state index in [0.717, 1.165) is 14.1 Å². The number of hydrogen-bond donors (Lipinski definition) is 1. The zero-order valence-corrected chi connectivity index (χ0v) is 12.9. The highest BCUT2D eigenvalue weighted by molar-refractivity contribution is 7.99. The molecule has 0 bridgehead atoms. The summed E-state index contributed by atoms with van der Waals surface area (Å²) < 4.78 is 25.6. The van der Waals surface area contributed by atoms with Gasteiger partial charge in [-0.3, -0.25) is 0 Å². The molecular formula is C14H16N2O2S2. The molecule has 0 amide bonds. The Labute approximate surface area is 123 Å². The van der Waals surface area contributed by atoms with Gasteiger partial charge in [0.25, 0.3) is 0 Å². The van der Waals surface area contributed by atoms with Crippen LogP contribution in [0.2, 0.25) is 0 Å². The molecule has 6 heteroatoms. The number of benzene rings is 2. The van der Waals surface area contributed by atoms with E-state index in [4.69, 9.17) is 5.73 Å². The molecule has 0 atom stereocenters. The van der Waals surface area contributed by atoms with Gasteiger partial charge in [0.15, 0.2) is 0 Å². The van der Waals surface area contributed by atoms with Crippen LogP contribution >= 0.6 is 11.8 Å². The van der Waals surface area contributed by atoms with Crippen LogP contribution in [0.25, 0.3) is 0 Å². The molecule has 0 aliphatic heterocycles. The molecule has 0 spiro atoms. The molecule has 2 aromatic carbocycles. The van der Waals surface area contributed by atoms with Crippen LogP contribution in [0.5, 0.6) is 0 Å². The number of rotatable bonds is 4. The number of anilines is 1. The van der Waals surface area contributed by atoms with Gasteiger partial charge < -0.3 is 5.73 Å². The minimum absolute atomic E-state index is 0.142. The molecule has 0 heterocycles. The largest absolute Gasteiger partial charge is 0.397 e. The van der Waals surface area contributed by atoms with Crippen molar-refractivity contribution in [2.45, 2.75) is 14.7 Å². The first-order valence-corrected chi connectivity index (χ1v) is 8.22. The molecule has 0 unspecified atom stereocenters. The van der Waals surface area contributed by atoms with E-state index in [0.29, 0.717) is 0 Å². The van der Waals surface area contributed by atoms with Crippen molar-refractivity contribution in [2.75, 3.05) is 19.8 Å². The second-order valence-corrected chi connectivity index (χ2v) is 7.61. The van der Waals surface area contributed by atoms with Gasteiger partial charge in [-0.2, -0.15) is 0 Å². The Balaban J connectivity index is 2.43. The SMILES string of the molecule is CN(C)S(=O)(=O)c1cccc(Sc2ccccc2)c1N. The first kappa shape index (κ1) is 14.9. The van der Waals surface area contributed by atoms with Gasteiger partial charge in [-0.15, -0.1) is 0 Å². The summed E-state index contributed by atoms with van der Waals surface area (Å²) in [6, 6.07) is 14.8. The van der Waals surface area contributed by atoms with Gasteiger partial charge in [0.1, 0.15) is 4.90 Å². The normalized spacial score (nSPS) is 11.8. The van der Waals surface area contributed by atoms with Gasteiger partial charge >= 0.3 is 0 Å². The van der Waals surface area contributed by atoms with Crippen molar-refractivity contribution in [3.8, 4) is 0 Å². The first-order valence-electron chi connectivity index (χ1n) is 5.97. The van der Waals surface area contributed by atoms with Crippen LogP contribution in [0.15, 0.2) is 63.2 Å². The van der Waals surface area contributed by atoms with E-state index in [1.54, 1.807) is 6.07 Å². The van der Waals surface area contributed by atoms with E-state index in [-0.39, 0.29) is 10.6 Å². The summed E-state index contributed by atoms with van der Waals surface area (Å²) in [6.45, 7) is 0. The highest BCUT2D eigenvalue weighted by Crippen LogP contribution is 2.35. The highest BCUT2D eigenvalue weighted by Gasteiger charge is 2.21. The van der Waals surface area contributed by atoms with Gasteiger partial charge in [0, 0.05) is 23.9 Å². The summed E-state index contributed by atoms with van der Waals surface area (Å²) in [7, 11) is -0.544. The van der Waals surface area contributed by atoms with Crippen molar-refractivity contribution in [3.63, 3.8) is 0 Å². The second-order valence-electron chi connectivity index (χ2n) is 4.37. The van der Waals surface area contributed by atoms with E-state index in [1.165, 1.54) is 31.9 Å². The molecule has 0 aliphatic rings. The number of para-hydroxylation sites is 1. The van der Waals surface area contributed by atoms with E-state index in [9.17, 15) is 8.42 Å². The van der Waals surface area contributed by atoms with Crippen LogP contribution in [0, 0.1) is 0 Å². The molecule has 0 aromatic heterocycles. The maximum atomic E-state index is 12.2. The van der Waals surface area contributed by atoms with Gasteiger partial charge in [-0.1, -0.05) is 36.0 Å². The van der Waals surface area contributed by atoms with Crippen LogP contribution in [0.1, 0.15) is 0 Å². The Morgan fingerprint density at radius 1 is 1.00 bits per heavy atom. The van der Waals surface area contributed by atoms with Gasteiger partial charge in [0.05, 0.1) is 5.69 Å². The molecule has 0 aliphatic carbocycles. The van der Waals surface area contributed by atoms with Crippen LogP contribution in [0.3, 0.4) is 0 Å². The molecule has 4 nitrogen and oxygen atoms in total. The fraction of sp³-hybridized carbons (Fsp3) is 0.143. The standard InChI is InChI=1S/C14H16N2O2S2/c1-16(2)20(17,18)13-10-6-9-12(14(13)15)19-11-7-4-3-5-8-11/h3-10H,15H2,1-2H3. The van der Waals surface area contributed by atoms with Gasteiger partial charge in [0.2, 0.25) is 10.0 Å². The summed E-state index contributed by atoms with van der Waals surface area (Å²) in [6.07, 6.45) is 0. The van der Waals surface area contributed by atoms with Crippen molar-refractivity contribution in [1.82, 2.24) is 4.31 Å². The number of nitrogen functional groups attached to an aromatic ring is 1. The molecule has 0 saturated heterocycles. The Bertz CT molecular complexity index is 698. The van der Waals surface area contributed by atoms with Crippen LogP contribution in [-0.2, 0) is 10.0 Å². The monoisotopic (exact) mass is 308 g/mol. The summed E-state index contributed by atoms with van der Waals surface area (Å²) in [4.78, 5) is 1.89. The van der Waals surface area contributed by atoms with Gasteiger partial charge in [-0.05, 0) is 24.3 Å². The summed E-state index contributed by atoms with van der Waals surface area (Å²) in [5.74, 6) is 0. The smallest absolute Gasteiger partial charge is 0.244 e. The number of nitrogens with zero attached hydrogens (tertiary/aromatic N) is 1. The topological polar surface area (TPSA) is 63.4 Å². The third kappa shape index (κ3) is 2.98. The zero-order valence-electron chi connectivity index (χ0n) is 11.3. The molecule has 20 heavy (non-hydrogen) atoms. The fourth-order valence-corrected chi connectivity index (χ4v) is 3.66. The van der Waals surface area contributed by atoms with E-state index >= 15 is 0 Å². The van der Waals surface area contributed by atoms with Crippen molar-refractivity contribution in [2.24, 2.45) is 0 Å². The average molecular weight is 308 g/mol. The predicted molar refractivity (Wildman–Crippen MR) is 82.3 cm³/mol. The third-order valence-corrected chi connectivity index (χ3v) is 5.71. The zero-order chi connectivity index (χ0) is 14.8. The van der Waals surface area contributed by atoms with Crippen molar-refractivity contribution < 1.29 is 8.42 Å². The lowest BCUT2D eigenvalue weighted by molar-refractivity contribution is 0.521. The second kappa shape index (κ2) is 5.87. The van der Waals surface area contributed by atoms with Crippen LogP contribution < -0.4 is 5.73 Å². The molecule has 0 saturated carbocycles. The third-order valence-electron chi connectivity index (χ3n) is 2.76. The fourth-order valence-electron chi connectivity index (χ4n) is 1.65. The quantitative estimate of drug-likeness (QED) is 0.882. The van der Waals surface area contributed by atoms with Crippen molar-refractivity contribution in [1.29, 1.82) is 0 Å². The summed E-state index contributed by atoms with van der Waals surface area (Å²) in [5.41, 5.74) is 6.32. The van der Waals surface area contributed by atoms with Crippen LogP contribution in [-0.4, -0.2) is 26.8 Å². The number of sulfonamides is 1.